The van der Waals surface area contributed by atoms with Crippen LogP contribution in [0.2, 0.25) is 19.6 Å². The minimum atomic E-state index is -1.83. The second kappa shape index (κ2) is 7.26. The second-order valence-corrected chi connectivity index (χ2v) is 14.1. The van der Waals surface area contributed by atoms with Gasteiger partial charge in [0.05, 0.1) is 8.07 Å². The molecule has 0 amide bonds. The molecule has 25 heavy (non-hydrogen) atoms. The fraction of sp³-hybridized carbons (Fsp3) is 0.800. The Labute approximate surface area is 152 Å². The van der Waals surface area contributed by atoms with E-state index in [2.05, 4.69) is 19.6 Å². The first kappa shape index (κ1) is 18.7. The molecule has 1 aromatic heterocycles. The summed E-state index contributed by atoms with van der Waals surface area (Å²) in [4.78, 5) is 26.8. The Bertz CT molecular complexity index is 730. The Kier molecular flexibility index (Phi) is 5.42. The number of hydrogen-bond donors (Lipinski definition) is 0. The molecule has 0 N–H and O–H groups in total. The van der Waals surface area contributed by atoms with Crippen molar-refractivity contribution in [1.29, 1.82) is 0 Å². The van der Waals surface area contributed by atoms with Gasteiger partial charge in [0.15, 0.2) is 0 Å². The summed E-state index contributed by atoms with van der Waals surface area (Å²) in [7, 11) is -1.83. The van der Waals surface area contributed by atoms with E-state index in [-0.39, 0.29) is 23.3 Å². The highest BCUT2D eigenvalue weighted by molar-refractivity contribution is 6.88. The zero-order valence-corrected chi connectivity index (χ0v) is 17.4. The lowest BCUT2D eigenvalue weighted by atomic mass is 9.94. The van der Waals surface area contributed by atoms with Gasteiger partial charge in [0.1, 0.15) is 0 Å². The molecule has 2 aliphatic rings. The predicted octanol–water partition coefficient (Wildman–Crippen LogP) is 3.87. The predicted molar refractivity (Wildman–Crippen MR) is 107 cm³/mol. The molecule has 2 fully saturated rings. The van der Waals surface area contributed by atoms with E-state index in [1.807, 2.05) is 11.5 Å². The van der Waals surface area contributed by atoms with E-state index in [0.29, 0.717) is 0 Å². The van der Waals surface area contributed by atoms with Crippen LogP contribution in [-0.4, -0.2) is 17.2 Å². The van der Waals surface area contributed by atoms with Gasteiger partial charge in [-0.05, 0) is 32.6 Å². The fourth-order valence-corrected chi connectivity index (χ4v) is 7.00. The Balaban J connectivity index is 2.23. The van der Waals surface area contributed by atoms with Gasteiger partial charge in [-0.25, -0.2) is 4.79 Å². The van der Waals surface area contributed by atoms with E-state index in [1.54, 1.807) is 4.57 Å². The van der Waals surface area contributed by atoms with Crippen molar-refractivity contribution in [3.8, 4) is 0 Å². The Morgan fingerprint density at radius 1 is 0.760 bits per heavy atom. The Morgan fingerprint density at radius 2 is 1.20 bits per heavy atom. The number of nitrogens with zero attached hydrogens (tertiary/aromatic N) is 2. The van der Waals surface area contributed by atoms with Crippen molar-refractivity contribution in [3.05, 3.63) is 26.5 Å². The molecule has 2 saturated carbocycles. The lowest BCUT2D eigenvalue weighted by Crippen LogP contribution is -2.59. The summed E-state index contributed by atoms with van der Waals surface area (Å²) >= 11 is 0. The monoisotopic (exact) mass is 362 g/mol. The SMILES string of the molecule is Cc1c([Si](C)(C)C)c(=O)n(C2CCCCC2)c(=O)n1C1CCCCC1. The first-order chi connectivity index (χ1) is 11.8. The molecule has 1 heterocycles. The summed E-state index contributed by atoms with van der Waals surface area (Å²) in [6.07, 6.45) is 11.3. The molecule has 3 rings (SSSR count). The molecule has 1 aromatic rings. The average molecular weight is 363 g/mol. The molecule has 4 nitrogen and oxygen atoms in total. The van der Waals surface area contributed by atoms with Crippen molar-refractivity contribution in [3.63, 3.8) is 0 Å². The first-order valence-corrected chi connectivity index (χ1v) is 13.7. The molecular formula is C20H34N2O2Si. The molecule has 0 aliphatic heterocycles. The van der Waals surface area contributed by atoms with Crippen LogP contribution in [0.4, 0.5) is 0 Å². The summed E-state index contributed by atoms with van der Waals surface area (Å²) in [5.74, 6) is 0. The van der Waals surface area contributed by atoms with Crippen LogP contribution >= 0.6 is 0 Å². The molecule has 2 aliphatic carbocycles. The van der Waals surface area contributed by atoms with Crippen LogP contribution in [0.3, 0.4) is 0 Å². The third kappa shape index (κ3) is 3.57. The van der Waals surface area contributed by atoms with Gasteiger partial charge in [-0.3, -0.25) is 13.9 Å². The number of aromatic nitrogens is 2. The van der Waals surface area contributed by atoms with Crippen molar-refractivity contribution in [2.45, 2.75) is 103 Å². The zero-order chi connectivity index (χ0) is 18.2. The van der Waals surface area contributed by atoms with Crippen LogP contribution in [-0.2, 0) is 0 Å². The van der Waals surface area contributed by atoms with Crippen molar-refractivity contribution >= 4 is 13.3 Å². The third-order valence-corrected chi connectivity index (χ3v) is 8.27. The van der Waals surface area contributed by atoms with E-state index in [1.165, 1.54) is 25.7 Å². The van der Waals surface area contributed by atoms with Crippen molar-refractivity contribution < 1.29 is 0 Å². The van der Waals surface area contributed by atoms with E-state index < -0.39 is 8.07 Å². The molecule has 140 valence electrons. The second-order valence-electron chi connectivity index (χ2n) is 9.12. The third-order valence-electron chi connectivity index (χ3n) is 6.20. The highest BCUT2D eigenvalue weighted by Gasteiger charge is 2.32. The van der Waals surface area contributed by atoms with Gasteiger partial charge < -0.3 is 0 Å². The van der Waals surface area contributed by atoms with Crippen LogP contribution in [0.1, 0.15) is 82.0 Å². The lowest BCUT2D eigenvalue weighted by molar-refractivity contribution is 0.298. The Morgan fingerprint density at radius 3 is 1.64 bits per heavy atom. The fourth-order valence-electron chi connectivity index (χ4n) is 5.04. The van der Waals surface area contributed by atoms with Crippen molar-refractivity contribution in [2.24, 2.45) is 0 Å². The van der Waals surface area contributed by atoms with Crippen LogP contribution in [0.15, 0.2) is 9.59 Å². The minimum absolute atomic E-state index is 0.0247. The standard InChI is InChI=1S/C20H34N2O2Si/c1-15-18(25(2,3)4)19(23)22(17-13-9-6-10-14-17)20(24)21(15)16-11-7-5-8-12-16/h16-17H,5-14H2,1-4H3. The van der Waals surface area contributed by atoms with Gasteiger partial charge in [-0.15, -0.1) is 0 Å². The quantitative estimate of drug-likeness (QED) is 0.766. The zero-order valence-electron chi connectivity index (χ0n) is 16.4. The molecule has 0 saturated heterocycles. The lowest BCUT2D eigenvalue weighted by Gasteiger charge is -2.32. The molecule has 0 aromatic carbocycles. The summed E-state index contributed by atoms with van der Waals surface area (Å²) < 4.78 is 3.71. The van der Waals surface area contributed by atoms with E-state index in [4.69, 9.17) is 0 Å². The summed E-state index contributed by atoms with van der Waals surface area (Å²) in [6, 6.07) is 0.395. The Hall–Kier alpha value is -1.10. The van der Waals surface area contributed by atoms with Gasteiger partial charge in [0, 0.05) is 23.0 Å². The molecule has 0 bridgehead atoms. The number of rotatable bonds is 3. The first-order valence-electron chi connectivity index (χ1n) is 10.2. The normalized spacial score (nSPS) is 20.8. The van der Waals surface area contributed by atoms with E-state index >= 15 is 0 Å². The summed E-state index contributed by atoms with van der Waals surface area (Å²) in [6.45, 7) is 8.73. The molecule has 0 radical (unpaired) electrons. The van der Waals surface area contributed by atoms with Crippen LogP contribution in [0.5, 0.6) is 0 Å². The van der Waals surface area contributed by atoms with Gasteiger partial charge >= 0.3 is 5.69 Å². The van der Waals surface area contributed by atoms with Gasteiger partial charge in [0.2, 0.25) is 0 Å². The smallest absolute Gasteiger partial charge is 0.295 e. The van der Waals surface area contributed by atoms with Crippen molar-refractivity contribution in [1.82, 2.24) is 9.13 Å². The van der Waals surface area contributed by atoms with E-state index in [0.717, 1.165) is 49.4 Å². The van der Waals surface area contributed by atoms with Crippen molar-refractivity contribution in [2.75, 3.05) is 0 Å². The minimum Gasteiger partial charge on any atom is -0.295 e. The van der Waals surface area contributed by atoms with E-state index in [9.17, 15) is 9.59 Å². The van der Waals surface area contributed by atoms with Gasteiger partial charge in [-0.1, -0.05) is 58.2 Å². The summed E-state index contributed by atoms with van der Waals surface area (Å²) in [5.41, 5.74) is 0.969. The summed E-state index contributed by atoms with van der Waals surface area (Å²) in [5, 5.41) is 0.975. The maximum atomic E-state index is 13.4. The number of hydrogen-bond acceptors (Lipinski definition) is 2. The average Bonchev–Trinajstić information content (AvgIpc) is 2.55. The highest BCUT2D eigenvalue weighted by atomic mass is 28.3. The maximum Gasteiger partial charge on any atom is 0.331 e. The topological polar surface area (TPSA) is 44.0 Å². The van der Waals surface area contributed by atoms with Crippen LogP contribution in [0, 0.1) is 6.92 Å². The maximum absolute atomic E-state index is 13.4. The molecule has 0 spiro atoms. The van der Waals surface area contributed by atoms with Gasteiger partial charge in [0.25, 0.3) is 5.56 Å². The molecule has 0 unspecified atom stereocenters. The highest BCUT2D eigenvalue weighted by Crippen LogP contribution is 2.29. The van der Waals surface area contributed by atoms with Gasteiger partial charge in [-0.2, -0.15) is 0 Å². The largest absolute Gasteiger partial charge is 0.331 e. The van der Waals surface area contributed by atoms with Crippen LogP contribution < -0.4 is 16.4 Å². The van der Waals surface area contributed by atoms with Crippen LogP contribution in [0.25, 0.3) is 0 Å². The molecule has 5 heteroatoms. The molecule has 0 atom stereocenters. The molecular weight excluding hydrogens is 328 g/mol.